The lowest BCUT2D eigenvalue weighted by Crippen LogP contribution is -2.51. The lowest BCUT2D eigenvalue weighted by Gasteiger charge is -2.42. The van der Waals surface area contributed by atoms with Crippen LogP contribution in [0.1, 0.15) is 36.7 Å². The van der Waals surface area contributed by atoms with E-state index in [-0.39, 0.29) is 22.4 Å². The van der Waals surface area contributed by atoms with Crippen LogP contribution in [0.25, 0.3) is 16.6 Å². The highest BCUT2D eigenvalue weighted by molar-refractivity contribution is 7.89. The van der Waals surface area contributed by atoms with Crippen LogP contribution in [0.15, 0.2) is 65.8 Å². The van der Waals surface area contributed by atoms with Gasteiger partial charge in [-0.2, -0.15) is 14.7 Å². The number of nitrogens with zero attached hydrogens (tertiary/aromatic N) is 6. The fourth-order valence-electron chi connectivity index (χ4n) is 5.09. The lowest BCUT2D eigenvalue weighted by molar-refractivity contribution is 0.105. The summed E-state index contributed by atoms with van der Waals surface area (Å²) in [6, 6.07) is 15.0. The Morgan fingerprint density at radius 2 is 1.87 bits per heavy atom. The number of nitriles is 1. The summed E-state index contributed by atoms with van der Waals surface area (Å²) in [5, 5.41) is 14.5. The maximum absolute atomic E-state index is 13.5. The molecule has 0 amide bonds. The molecule has 0 unspecified atom stereocenters. The van der Waals surface area contributed by atoms with Gasteiger partial charge in [-0.25, -0.2) is 22.5 Å². The Morgan fingerprint density at radius 3 is 2.53 bits per heavy atom. The van der Waals surface area contributed by atoms with Gasteiger partial charge in [0.25, 0.3) is 0 Å². The van der Waals surface area contributed by atoms with Crippen molar-refractivity contribution in [2.24, 2.45) is 5.92 Å². The van der Waals surface area contributed by atoms with Crippen LogP contribution in [0.2, 0.25) is 0 Å². The molecule has 5 rings (SSSR count). The van der Waals surface area contributed by atoms with E-state index >= 15 is 0 Å². The highest BCUT2D eigenvalue weighted by Crippen LogP contribution is 2.34. The number of benzene rings is 2. The molecule has 1 atom stereocenters. The predicted octanol–water partition coefficient (Wildman–Crippen LogP) is 4.44. The number of hydrogen-bond acceptors (Lipinski definition) is 6. The first-order chi connectivity index (χ1) is 18.2. The minimum atomic E-state index is -3.78. The van der Waals surface area contributed by atoms with E-state index in [1.165, 1.54) is 34.8 Å². The summed E-state index contributed by atoms with van der Waals surface area (Å²) in [7, 11) is -3.78. The van der Waals surface area contributed by atoms with Gasteiger partial charge in [0.2, 0.25) is 10.0 Å². The summed E-state index contributed by atoms with van der Waals surface area (Å²) < 4.78 is 43.8. The fraction of sp³-hybridized carbons (Fsp3) is 0.321. The summed E-state index contributed by atoms with van der Waals surface area (Å²) >= 11 is 0. The van der Waals surface area contributed by atoms with Crippen molar-refractivity contribution in [1.29, 1.82) is 5.26 Å². The van der Waals surface area contributed by atoms with Crippen molar-refractivity contribution >= 4 is 20.9 Å². The van der Waals surface area contributed by atoms with E-state index in [4.69, 9.17) is 5.26 Å². The SMILES string of the molecule is Cc1cc2c(cnn2-c2ccc(F)cc2)cc1[C@H]1CN(S(=O)(=O)c2ccc(C#N)nc2)CCN1CC(C)C. The second-order valence-electron chi connectivity index (χ2n) is 10.1. The summed E-state index contributed by atoms with van der Waals surface area (Å²) in [5.74, 6) is 0.108. The number of fused-ring (bicyclic) bond motifs is 1. The normalized spacial score (nSPS) is 17.2. The zero-order chi connectivity index (χ0) is 27.0. The van der Waals surface area contributed by atoms with Crippen molar-refractivity contribution < 1.29 is 12.8 Å². The molecule has 10 heteroatoms. The Labute approximate surface area is 222 Å². The molecule has 196 valence electrons. The van der Waals surface area contributed by atoms with Crippen LogP contribution in [-0.4, -0.2) is 58.6 Å². The number of rotatable bonds is 6. The third-order valence-corrected chi connectivity index (χ3v) is 8.78. The lowest BCUT2D eigenvalue weighted by atomic mass is 9.96. The molecule has 1 fully saturated rings. The van der Waals surface area contributed by atoms with Crippen LogP contribution < -0.4 is 0 Å². The van der Waals surface area contributed by atoms with Gasteiger partial charge in [-0.3, -0.25) is 4.90 Å². The second-order valence-corrected chi connectivity index (χ2v) is 12.0. The third kappa shape index (κ3) is 4.92. The Hall–Kier alpha value is -3.65. The number of aryl methyl sites for hydroxylation is 1. The van der Waals surface area contributed by atoms with Crippen molar-refractivity contribution in [2.75, 3.05) is 26.2 Å². The van der Waals surface area contributed by atoms with Crippen molar-refractivity contribution in [3.63, 3.8) is 0 Å². The molecule has 1 saturated heterocycles. The molecule has 0 N–H and O–H groups in total. The topological polar surface area (TPSA) is 95.1 Å². The van der Waals surface area contributed by atoms with Crippen LogP contribution in [0.4, 0.5) is 4.39 Å². The number of sulfonamides is 1. The van der Waals surface area contributed by atoms with Crippen molar-refractivity contribution in [3.05, 3.63) is 83.6 Å². The fourth-order valence-corrected chi connectivity index (χ4v) is 6.47. The number of aromatic nitrogens is 3. The van der Waals surface area contributed by atoms with Gasteiger partial charge in [0.15, 0.2) is 0 Å². The van der Waals surface area contributed by atoms with E-state index in [0.717, 1.165) is 34.3 Å². The Kier molecular flexibility index (Phi) is 7.01. The third-order valence-electron chi connectivity index (χ3n) is 6.93. The van der Waals surface area contributed by atoms with Crippen LogP contribution in [-0.2, 0) is 10.0 Å². The first-order valence-corrected chi connectivity index (χ1v) is 14.0. The molecule has 0 bridgehead atoms. The summed E-state index contributed by atoms with van der Waals surface area (Å²) in [4.78, 5) is 6.40. The van der Waals surface area contributed by atoms with Gasteiger partial charge < -0.3 is 0 Å². The molecule has 0 radical (unpaired) electrons. The second kappa shape index (κ2) is 10.3. The Balaban J connectivity index is 1.52. The van der Waals surface area contributed by atoms with Gasteiger partial charge in [-0.05, 0) is 72.5 Å². The molecule has 2 aromatic carbocycles. The van der Waals surface area contributed by atoms with Gasteiger partial charge in [-0.15, -0.1) is 0 Å². The highest BCUT2D eigenvalue weighted by Gasteiger charge is 2.36. The predicted molar refractivity (Wildman–Crippen MR) is 143 cm³/mol. The summed E-state index contributed by atoms with van der Waals surface area (Å²) in [5.41, 5.74) is 3.92. The molecule has 0 saturated carbocycles. The standard InChI is InChI=1S/C28H29FN6O2S/c1-19(2)17-33-10-11-34(38(36,37)25-9-6-23(14-30)31-16-25)18-28(33)26-13-21-15-32-35(27(21)12-20(26)3)24-7-4-22(29)5-8-24/h4-9,12-13,15-16,19,28H,10-11,17-18H2,1-3H3/t28-/m1/s1. The van der Waals surface area contributed by atoms with E-state index in [1.807, 2.05) is 13.0 Å². The number of hydrogen-bond donors (Lipinski definition) is 0. The van der Waals surface area contributed by atoms with Crippen molar-refractivity contribution in [1.82, 2.24) is 24.0 Å². The smallest absolute Gasteiger partial charge is 0.244 e. The molecule has 1 aliphatic rings. The minimum Gasteiger partial charge on any atom is -0.293 e. The first kappa shape index (κ1) is 26.0. The quantitative estimate of drug-likeness (QED) is 0.364. The zero-order valence-electron chi connectivity index (χ0n) is 21.5. The van der Waals surface area contributed by atoms with Gasteiger partial charge in [0, 0.05) is 43.8 Å². The van der Waals surface area contributed by atoms with E-state index in [1.54, 1.807) is 23.0 Å². The molecule has 3 heterocycles. The van der Waals surface area contributed by atoms with Crippen LogP contribution in [0.5, 0.6) is 0 Å². The largest absolute Gasteiger partial charge is 0.293 e. The van der Waals surface area contributed by atoms with E-state index < -0.39 is 10.0 Å². The first-order valence-electron chi connectivity index (χ1n) is 12.5. The van der Waals surface area contributed by atoms with Gasteiger partial charge in [0.05, 0.1) is 17.4 Å². The van der Waals surface area contributed by atoms with Crippen LogP contribution >= 0.6 is 0 Å². The molecule has 4 aromatic rings. The molecule has 0 aliphatic carbocycles. The number of piperazine rings is 1. The zero-order valence-corrected chi connectivity index (χ0v) is 22.4. The molecule has 38 heavy (non-hydrogen) atoms. The van der Waals surface area contributed by atoms with Gasteiger partial charge in [0.1, 0.15) is 22.5 Å². The van der Waals surface area contributed by atoms with Gasteiger partial charge in [-0.1, -0.05) is 13.8 Å². The molecular weight excluding hydrogens is 503 g/mol. The Morgan fingerprint density at radius 1 is 1.11 bits per heavy atom. The average molecular weight is 533 g/mol. The molecule has 1 aliphatic heterocycles. The summed E-state index contributed by atoms with van der Waals surface area (Å²) in [6.45, 7) is 8.45. The van der Waals surface area contributed by atoms with Gasteiger partial charge >= 0.3 is 0 Å². The van der Waals surface area contributed by atoms with E-state index in [0.29, 0.717) is 25.6 Å². The number of pyridine rings is 1. The molecule has 8 nitrogen and oxygen atoms in total. The summed E-state index contributed by atoms with van der Waals surface area (Å²) in [6.07, 6.45) is 3.04. The van der Waals surface area contributed by atoms with E-state index in [2.05, 4.69) is 41.0 Å². The molecule has 0 spiro atoms. The van der Waals surface area contributed by atoms with Crippen molar-refractivity contribution in [2.45, 2.75) is 31.7 Å². The van der Waals surface area contributed by atoms with Crippen LogP contribution in [0.3, 0.4) is 0 Å². The Bertz CT molecular complexity index is 1610. The highest BCUT2D eigenvalue weighted by atomic mass is 32.2. The maximum Gasteiger partial charge on any atom is 0.244 e. The number of halogens is 1. The van der Waals surface area contributed by atoms with Crippen LogP contribution in [0, 0.1) is 30.0 Å². The average Bonchev–Trinajstić information content (AvgIpc) is 3.31. The van der Waals surface area contributed by atoms with E-state index in [9.17, 15) is 12.8 Å². The maximum atomic E-state index is 13.5. The van der Waals surface area contributed by atoms with Crippen molar-refractivity contribution in [3.8, 4) is 11.8 Å². The molecular formula is C28H29FN6O2S. The monoisotopic (exact) mass is 532 g/mol. The minimum absolute atomic E-state index is 0.0836. The molecule has 2 aromatic heterocycles.